The predicted octanol–water partition coefficient (Wildman–Crippen LogP) is 6.40. The molecule has 3 aromatic rings. The van der Waals surface area contributed by atoms with E-state index in [1.807, 2.05) is 6.92 Å². The van der Waals surface area contributed by atoms with E-state index in [2.05, 4.69) is 32.3 Å². The van der Waals surface area contributed by atoms with Crippen LogP contribution >= 0.6 is 0 Å². The Labute approximate surface area is 268 Å². The molecule has 9 nitrogen and oxygen atoms in total. The van der Waals surface area contributed by atoms with Crippen LogP contribution in [0.5, 0.6) is 5.75 Å². The number of aliphatic hydroxyl groups is 1. The Morgan fingerprint density at radius 2 is 1.91 bits per heavy atom. The summed E-state index contributed by atoms with van der Waals surface area (Å²) in [6.45, 7) is 13.6. The normalized spacial score (nSPS) is 33.0. The Bertz CT molecular complexity index is 1720. The van der Waals surface area contributed by atoms with Crippen LogP contribution in [0.4, 0.5) is 0 Å². The molecule has 2 aromatic heterocycles. The quantitative estimate of drug-likeness (QED) is 0.309. The highest BCUT2D eigenvalue weighted by Crippen LogP contribution is 2.68. The van der Waals surface area contributed by atoms with Gasteiger partial charge in [0.05, 0.1) is 18.3 Å². The highest BCUT2D eigenvalue weighted by atomic mass is 16.6. The number of carbonyl (C=O) groups is 2. The number of hydrogen-bond acceptors (Lipinski definition) is 9. The maximum Gasteiger partial charge on any atom is 0.345 e. The van der Waals surface area contributed by atoms with E-state index in [4.69, 9.17) is 18.6 Å². The number of pyridine rings is 1. The molecule has 9 heteroatoms. The van der Waals surface area contributed by atoms with Gasteiger partial charge in [-0.3, -0.25) is 9.78 Å². The van der Waals surface area contributed by atoms with Gasteiger partial charge in [0.25, 0.3) is 0 Å². The number of hydrogen-bond donors (Lipinski definition) is 1. The molecule has 3 aliphatic rings. The molecule has 0 saturated heterocycles. The topological polar surface area (TPSA) is 125 Å². The fourth-order valence-electron chi connectivity index (χ4n) is 8.65. The number of benzene rings is 1. The lowest BCUT2D eigenvalue weighted by Gasteiger charge is -2.66. The molecule has 0 radical (unpaired) electrons. The van der Waals surface area contributed by atoms with E-state index in [0.717, 1.165) is 18.4 Å². The van der Waals surface area contributed by atoms with E-state index >= 15 is 0 Å². The Hall–Kier alpha value is -4.24. The number of aromatic nitrogens is 1. The van der Waals surface area contributed by atoms with Crippen molar-refractivity contribution in [3.8, 4) is 17.1 Å². The largest absolute Gasteiger partial charge is 0.482 e. The molecule has 2 saturated carbocycles. The van der Waals surface area contributed by atoms with E-state index in [0.29, 0.717) is 17.5 Å². The van der Waals surface area contributed by atoms with Crippen LogP contribution in [0.2, 0.25) is 0 Å². The van der Waals surface area contributed by atoms with Crippen molar-refractivity contribution in [2.45, 2.75) is 71.7 Å². The molecule has 8 atom stereocenters. The Kier molecular flexibility index (Phi) is 7.95. The molecule has 3 heterocycles. The molecule has 6 rings (SSSR count). The molecule has 242 valence electrons. The van der Waals surface area contributed by atoms with Crippen LogP contribution in [-0.4, -0.2) is 40.3 Å². The highest BCUT2D eigenvalue weighted by Gasteiger charge is 2.70. The summed E-state index contributed by atoms with van der Waals surface area (Å²) in [4.78, 5) is 43.5. The molecular weight excluding hydrogens is 586 g/mol. The van der Waals surface area contributed by atoms with E-state index in [1.54, 1.807) is 60.9 Å². The molecule has 0 spiro atoms. The second-order valence-electron chi connectivity index (χ2n) is 13.9. The fourth-order valence-corrected chi connectivity index (χ4v) is 8.65. The Morgan fingerprint density at radius 3 is 2.57 bits per heavy atom. The minimum atomic E-state index is -1.28. The van der Waals surface area contributed by atoms with Crippen molar-refractivity contribution in [1.82, 2.24) is 4.98 Å². The highest BCUT2D eigenvalue weighted by molar-refractivity contribution is 5.89. The van der Waals surface area contributed by atoms with Gasteiger partial charge in [0.1, 0.15) is 28.8 Å². The van der Waals surface area contributed by atoms with Gasteiger partial charge in [-0.05, 0) is 73.3 Å². The third-order valence-electron chi connectivity index (χ3n) is 11.3. The van der Waals surface area contributed by atoms with Crippen molar-refractivity contribution in [1.29, 1.82) is 0 Å². The van der Waals surface area contributed by atoms with Crippen molar-refractivity contribution >= 4 is 18.0 Å². The number of aliphatic hydroxyl groups excluding tert-OH is 1. The Balaban J connectivity index is 1.48. The molecule has 0 amide bonds. The van der Waals surface area contributed by atoms with Crippen molar-refractivity contribution in [2.24, 2.45) is 28.6 Å². The lowest BCUT2D eigenvalue weighted by molar-refractivity contribution is -0.257. The first kappa shape index (κ1) is 31.7. The summed E-state index contributed by atoms with van der Waals surface area (Å²) in [7, 11) is 0. The monoisotopic (exact) mass is 627 g/mol. The molecule has 1 aromatic carbocycles. The zero-order chi connectivity index (χ0) is 33.0. The lowest BCUT2D eigenvalue weighted by atomic mass is 9.41. The maximum absolute atomic E-state index is 13.7. The zero-order valence-electron chi connectivity index (χ0n) is 26.9. The van der Waals surface area contributed by atoms with Crippen LogP contribution in [0.3, 0.4) is 0 Å². The number of ether oxygens (including phenoxy) is 3. The van der Waals surface area contributed by atoms with Gasteiger partial charge in [-0.25, -0.2) is 9.59 Å². The van der Waals surface area contributed by atoms with Crippen molar-refractivity contribution in [3.05, 3.63) is 88.5 Å². The van der Waals surface area contributed by atoms with Gasteiger partial charge in [-0.2, -0.15) is 0 Å². The van der Waals surface area contributed by atoms with Gasteiger partial charge in [0.2, 0.25) is 0 Å². The van der Waals surface area contributed by atoms with Crippen LogP contribution < -0.4 is 10.4 Å². The first-order chi connectivity index (χ1) is 21.8. The summed E-state index contributed by atoms with van der Waals surface area (Å²) >= 11 is 0. The standard InChI is InChI=1S/C37H41NO8/c1-7-23-10-12-24(13-11-23)33(41)45-29-18-28-35(4,15-14-21(2)36(28,5)20-43-22(3)39)32-31(40)30-27(46-37(29,32)6)17-26(44-34(30)42)25-9-8-16-38-19-25/h7-13,16-17,19,21,28-29,31-32,40H,1,14-15,18,20H2,2-6H3/t21-,28?,29-,31-,32?,35-,36?,37+/m0/s1. The van der Waals surface area contributed by atoms with Crippen molar-refractivity contribution in [3.63, 3.8) is 0 Å². The number of esters is 2. The summed E-state index contributed by atoms with van der Waals surface area (Å²) in [6, 6.07) is 12.1. The number of carbonyl (C=O) groups excluding carboxylic acids is 2. The third-order valence-corrected chi connectivity index (χ3v) is 11.3. The molecular formula is C37H41NO8. The molecule has 1 N–H and O–H groups in total. The second-order valence-corrected chi connectivity index (χ2v) is 13.9. The Morgan fingerprint density at radius 1 is 1.17 bits per heavy atom. The SMILES string of the molecule is C=Cc1ccc(C(=O)O[C@H]2CC3C(C)(COC(C)=O)[C@@H](C)CC[C@]3(C)C3[C@@H](O)c4c(cc(-c5cccnc5)oc4=O)O[C@@]32C)cc1. The maximum atomic E-state index is 13.7. The van der Waals surface area contributed by atoms with Crippen LogP contribution in [0.1, 0.15) is 81.5 Å². The first-order valence-corrected chi connectivity index (χ1v) is 15.8. The van der Waals surface area contributed by atoms with E-state index in [9.17, 15) is 19.5 Å². The second kappa shape index (κ2) is 11.5. The zero-order valence-corrected chi connectivity index (χ0v) is 26.9. The minimum absolute atomic E-state index is 0.0439. The summed E-state index contributed by atoms with van der Waals surface area (Å²) in [5.74, 6) is -1.12. The summed E-state index contributed by atoms with van der Waals surface area (Å²) in [5, 5.41) is 12.3. The number of rotatable bonds is 6. The average Bonchev–Trinajstić information content (AvgIpc) is 3.03. The van der Waals surface area contributed by atoms with Gasteiger partial charge in [-0.1, -0.05) is 45.6 Å². The summed E-state index contributed by atoms with van der Waals surface area (Å²) in [5.41, 5.74) is -1.15. The molecule has 1 aliphatic heterocycles. The molecule has 0 bridgehead atoms. The minimum Gasteiger partial charge on any atom is -0.482 e. The van der Waals surface area contributed by atoms with E-state index < -0.39 is 46.2 Å². The molecule has 2 fully saturated rings. The van der Waals surface area contributed by atoms with Gasteiger partial charge in [0, 0.05) is 42.3 Å². The lowest BCUT2D eigenvalue weighted by Crippen LogP contribution is -2.70. The van der Waals surface area contributed by atoms with Crippen LogP contribution in [-0.2, 0) is 14.3 Å². The number of nitrogens with zero attached hydrogens (tertiary/aromatic N) is 1. The predicted molar refractivity (Wildman–Crippen MR) is 171 cm³/mol. The van der Waals surface area contributed by atoms with Crippen LogP contribution in [0.15, 0.2) is 70.6 Å². The average molecular weight is 628 g/mol. The van der Waals surface area contributed by atoms with Crippen molar-refractivity contribution < 1.29 is 33.3 Å². The van der Waals surface area contributed by atoms with Crippen LogP contribution in [0.25, 0.3) is 17.4 Å². The van der Waals surface area contributed by atoms with Crippen LogP contribution in [0, 0.1) is 28.6 Å². The first-order valence-electron chi connectivity index (χ1n) is 15.8. The van der Waals surface area contributed by atoms with E-state index in [1.165, 1.54) is 6.92 Å². The van der Waals surface area contributed by atoms with Gasteiger partial charge in [-0.15, -0.1) is 0 Å². The smallest absolute Gasteiger partial charge is 0.345 e. The van der Waals surface area contributed by atoms with Gasteiger partial charge in [0.15, 0.2) is 0 Å². The number of fused-ring (bicyclic) bond motifs is 4. The van der Waals surface area contributed by atoms with Gasteiger partial charge < -0.3 is 23.7 Å². The summed E-state index contributed by atoms with van der Waals surface area (Å²) < 4.78 is 24.5. The third kappa shape index (κ3) is 5.05. The fraction of sp³-hybridized carbons (Fsp3) is 0.459. The van der Waals surface area contributed by atoms with Gasteiger partial charge >= 0.3 is 17.6 Å². The summed E-state index contributed by atoms with van der Waals surface area (Å²) in [6.07, 6.45) is 4.74. The van der Waals surface area contributed by atoms with Crippen molar-refractivity contribution in [2.75, 3.05) is 6.61 Å². The molecule has 3 unspecified atom stereocenters. The molecule has 2 aliphatic carbocycles. The molecule has 46 heavy (non-hydrogen) atoms. The van der Waals surface area contributed by atoms with E-state index in [-0.39, 0.29) is 41.5 Å².